The fourth-order valence-corrected chi connectivity index (χ4v) is 0.910. The molecule has 1 unspecified atom stereocenters. The number of halogens is 1. The molecule has 1 rings (SSSR count). The second kappa shape index (κ2) is 5.40. The Morgan fingerprint density at radius 3 is 2.87 bits per heavy atom. The summed E-state index contributed by atoms with van der Waals surface area (Å²) >= 11 is 5.72. The molecule has 1 atom stereocenters. The van der Waals surface area contributed by atoms with Gasteiger partial charge in [-0.15, -0.1) is 16.7 Å². The van der Waals surface area contributed by atoms with E-state index in [1.54, 1.807) is 6.92 Å². The zero-order chi connectivity index (χ0) is 11.3. The van der Waals surface area contributed by atoms with Crippen LogP contribution in [0.1, 0.15) is 18.2 Å². The minimum Gasteiger partial charge on any atom is -0.407 e. The average molecular weight is 234 g/mol. The standard InChI is InChI=1S/C7H12ClN5O2/c1-4(8)5-12-13-7(15-5)11-3-2-10-6(9)14/h4H,2-3H2,1H3,(H,11,13)(H3,9,10,14). The molecule has 0 aliphatic rings. The molecule has 0 bridgehead atoms. The lowest BCUT2D eigenvalue weighted by atomic mass is 10.5. The Kier molecular flexibility index (Phi) is 4.17. The SMILES string of the molecule is CC(Cl)c1nnc(NCCNC(N)=O)o1. The third-order valence-electron chi connectivity index (χ3n) is 1.48. The van der Waals surface area contributed by atoms with Crippen molar-refractivity contribution >= 4 is 23.6 Å². The molecule has 1 aromatic heterocycles. The van der Waals surface area contributed by atoms with E-state index in [9.17, 15) is 4.79 Å². The zero-order valence-electron chi connectivity index (χ0n) is 8.16. The first-order chi connectivity index (χ1) is 7.09. The van der Waals surface area contributed by atoms with Crippen LogP contribution in [0.25, 0.3) is 0 Å². The van der Waals surface area contributed by atoms with E-state index >= 15 is 0 Å². The van der Waals surface area contributed by atoms with Crippen LogP contribution in [0, 0.1) is 0 Å². The van der Waals surface area contributed by atoms with Crippen LogP contribution in [0.15, 0.2) is 4.42 Å². The molecule has 0 saturated carbocycles. The van der Waals surface area contributed by atoms with E-state index in [-0.39, 0.29) is 11.4 Å². The maximum Gasteiger partial charge on any atom is 0.315 e. The van der Waals surface area contributed by atoms with Gasteiger partial charge in [0.1, 0.15) is 5.38 Å². The quantitative estimate of drug-likeness (QED) is 0.506. The van der Waals surface area contributed by atoms with Crippen molar-refractivity contribution in [1.29, 1.82) is 0 Å². The fourth-order valence-electron chi connectivity index (χ4n) is 0.822. The van der Waals surface area contributed by atoms with Crippen LogP contribution in [0.2, 0.25) is 0 Å². The number of alkyl halides is 1. The topological polar surface area (TPSA) is 106 Å². The summed E-state index contributed by atoms with van der Waals surface area (Å²) < 4.78 is 5.14. The van der Waals surface area contributed by atoms with Gasteiger partial charge in [-0.05, 0) is 6.92 Å². The second-order valence-corrected chi connectivity index (χ2v) is 3.43. The predicted octanol–water partition coefficient (Wildman–Crippen LogP) is 0.450. The lowest BCUT2D eigenvalue weighted by Gasteiger charge is -2.01. The number of hydrogen-bond donors (Lipinski definition) is 3. The van der Waals surface area contributed by atoms with E-state index in [0.29, 0.717) is 19.0 Å². The number of carbonyl (C=O) groups excluding carboxylic acids is 1. The maximum atomic E-state index is 10.3. The fraction of sp³-hybridized carbons (Fsp3) is 0.571. The minimum absolute atomic E-state index is 0.267. The van der Waals surface area contributed by atoms with E-state index in [4.69, 9.17) is 21.8 Å². The van der Waals surface area contributed by atoms with Gasteiger partial charge in [-0.3, -0.25) is 0 Å². The normalized spacial score (nSPS) is 12.1. The molecule has 8 heteroatoms. The number of aromatic nitrogens is 2. The van der Waals surface area contributed by atoms with Crippen molar-refractivity contribution in [3.63, 3.8) is 0 Å². The van der Waals surface area contributed by atoms with Gasteiger partial charge < -0.3 is 20.8 Å². The maximum absolute atomic E-state index is 10.3. The number of rotatable bonds is 5. The summed E-state index contributed by atoms with van der Waals surface area (Å²) in [6.45, 7) is 2.55. The molecule has 0 spiro atoms. The summed E-state index contributed by atoms with van der Waals surface area (Å²) in [4.78, 5) is 10.3. The highest BCUT2D eigenvalue weighted by atomic mass is 35.5. The van der Waals surface area contributed by atoms with Crippen molar-refractivity contribution in [1.82, 2.24) is 15.5 Å². The summed E-state index contributed by atoms with van der Waals surface area (Å²) in [7, 11) is 0. The number of anilines is 1. The van der Waals surface area contributed by atoms with Crippen molar-refractivity contribution < 1.29 is 9.21 Å². The third kappa shape index (κ3) is 4.03. The molecular formula is C7H12ClN5O2. The lowest BCUT2D eigenvalue weighted by molar-refractivity contribution is 0.249. The molecule has 1 heterocycles. The number of urea groups is 1. The van der Waals surface area contributed by atoms with Crippen LogP contribution in [0.3, 0.4) is 0 Å². The van der Waals surface area contributed by atoms with Crippen LogP contribution >= 0.6 is 11.6 Å². The van der Waals surface area contributed by atoms with E-state index in [1.165, 1.54) is 0 Å². The van der Waals surface area contributed by atoms with Gasteiger partial charge in [-0.25, -0.2) is 4.79 Å². The molecule has 0 radical (unpaired) electrons. The Morgan fingerprint density at radius 2 is 2.33 bits per heavy atom. The van der Waals surface area contributed by atoms with Gasteiger partial charge in [0, 0.05) is 13.1 Å². The highest BCUT2D eigenvalue weighted by Gasteiger charge is 2.10. The van der Waals surface area contributed by atoms with Crippen LogP contribution in [-0.4, -0.2) is 29.3 Å². The van der Waals surface area contributed by atoms with Crippen molar-refractivity contribution in [2.75, 3.05) is 18.4 Å². The molecule has 84 valence electrons. The van der Waals surface area contributed by atoms with Gasteiger partial charge in [0.25, 0.3) is 0 Å². The van der Waals surface area contributed by atoms with E-state index in [2.05, 4.69) is 20.8 Å². The van der Waals surface area contributed by atoms with Crippen LogP contribution < -0.4 is 16.4 Å². The number of hydrogen-bond acceptors (Lipinski definition) is 5. The Balaban J connectivity index is 2.28. The highest BCUT2D eigenvalue weighted by Crippen LogP contribution is 2.18. The first kappa shape index (κ1) is 11.6. The smallest absolute Gasteiger partial charge is 0.315 e. The Hall–Kier alpha value is -1.50. The summed E-state index contributed by atoms with van der Waals surface area (Å²) in [5.41, 5.74) is 4.87. The molecule has 4 N–H and O–H groups in total. The van der Waals surface area contributed by atoms with Gasteiger partial charge >= 0.3 is 12.0 Å². The molecular weight excluding hydrogens is 222 g/mol. The minimum atomic E-state index is -0.572. The van der Waals surface area contributed by atoms with Crippen molar-refractivity contribution in [3.8, 4) is 0 Å². The van der Waals surface area contributed by atoms with Gasteiger partial charge in [-0.1, -0.05) is 5.10 Å². The number of amides is 2. The van der Waals surface area contributed by atoms with Crippen LogP contribution in [0.5, 0.6) is 0 Å². The highest BCUT2D eigenvalue weighted by molar-refractivity contribution is 6.20. The molecule has 0 fully saturated rings. The van der Waals surface area contributed by atoms with Crippen molar-refractivity contribution in [2.45, 2.75) is 12.3 Å². The Morgan fingerprint density at radius 1 is 1.60 bits per heavy atom. The largest absolute Gasteiger partial charge is 0.407 e. The van der Waals surface area contributed by atoms with Crippen molar-refractivity contribution in [3.05, 3.63) is 5.89 Å². The summed E-state index contributed by atoms with van der Waals surface area (Å²) in [6, 6.07) is -0.304. The molecule has 15 heavy (non-hydrogen) atoms. The van der Waals surface area contributed by atoms with Gasteiger partial charge in [0.2, 0.25) is 5.89 Å². The number of nitrogens with zero attached hydrogens (tertiary/aromatic N) is 2. The predicted molar refractivity (Wildman–Crippen MR) is 54.6 cm³/mol. The number of carbonyl (C=O) groups is 1. The van der Waals surface area contributed by atoms with Gasteiger partial charge in [0.15, 0.2) is 0 Å². The second-order valence-electron chi connectivity index (χ2n) is 2.78. The van der Waals surface area contributed by atoms with E-state index in [0.717, 1.165) is 0 Å². The Labute approximate surface area is 91.4 Å². The third-order valence-corrected chi connectivity index (χ3v) is 1.67. The van der Waals surface area contributed by atoms with Gasteiger partial charge in [0.05, 0.1) is 0 Å². The molecule has 1 aromatic rings. The number of nitrogens with one attached hydrogen (secondary N) is 2. The average Bonchev–Trinajstić information content (AvgIpc) is 2.60. The van der Waals surface area contributed by atoms with Crippen LogP contribution in [-0.2, 0) is 0 Å². The molecule has 0 aliphatic heterocycles. The molecule has 2 amide bonds. The van der Waals surface area contributed by atoms with Crippen molar-refractivity contribution in [2.24, 2.45) is 5.73 Å². The summed E-state index contributed by atoms with van der Waals surface area (Å²) in [5, 5.41) is 12.3. The number of primary amides is 1. The molecule has 0 saturated heterocycles. The lowest BCUT2D eigenvalue weighted by Crippen LogP contribution is -2.33. The summed E-state index contributed by atoms with van der Waals surface area (Å²) in [5.74, 6) is 0.349. The Bertz CT molecular complexity index is 327. The molecule has 0 aromatic carbocycles. The van der Waals surface area contributed by atoms with E-state index in [1.807, 2.05) is 0 Å². The summed E-state index contributed by atoms with van der Waals surface area (Å²) in [6.07, 6.45) is 0. The molecule has 7 nitrogen and oxygen atoms in total. The van der Waals surface area contributed by atoms with E-state index < -0.39 is 6.03 Å². The monoisotopic (exact) mass is 233 g/mol. The first-order valence-electron chi connectivity index (χ1n) is 4.34. The number of nitrogens with two attached hydrogens (primary N) is 1. The zero-order valence-corrected chi connectivity index (χ0v) is 8.91. The van der Waals surface area contributed by atoms with Gasteiger partial charge in [-0.2, -0.15) is 0 Å². The first-order valence-corrected chi connectivity index (χ1v) is 4.78. The molecule has 0 aliphatic carbocycles. The van der Waals surface area contributed by atoms with Crippen LogP contribution in [0.4, 0.5) is 10.8 Å².